The van der Waals surface area contributed by atoms with Crippen molar-refractivity contribution < 1.29 is 4.57 Å². The van der Waals surface area contributed by atoms with Crippen molar-refractivity contribution in [3.8, 4) is 0 Å². The van der Waals surface area contributed by atoms with E-state index in [2.05, 4.69) is 43.0 Å². The molecule has 0 aliphatic rings. The van der Waals surface area contributed by atoms with Crippen LogP contribution in [0.4, 0.5) is 0 Å². The van der Waals surface area contributed by atoms with E-state index in [4.69, 9.17) is 11.6 Å². The molecule has 0 amide bonds. The van der Waals surface area contributed by atoms with Crippen LogP contribution in [0.25, 0.3) is 26.9 Å². The van der Waals surface area contributed by atoms with Crippen molar-refractivity contribution in [2.75, 3.05) is 0 Å². The van der Waals surface area contributed by atoms with Crippen molar-refractivity contribution in [3.63, 3.8) is 0 Å². The van der Waals surface area contributed by atoms with Gasteiger partial charge in [-0.3, -0.25) is 0 Å². The molecule has 0 aromatic heterocycles. The Balaban J connectivity index is 1.95. The topological polar surface area (TPSA) is 17.1 Å². The molecule has 0 bridgehead atoms. The minimum atomic E-state index is -3.36. The molecule has 5 rings (SSSR count). The van der Waals surface area contributed by atoms with Gasteiger partial charge in [0.2, 0.25) is 0 Å². The van der Waals surface area contributed by atoms with Gasteiger partial charge in [-0.2, -0.15) is 0 Å². The standard InChI is InChI=1S/C31H24ClOP/c1-22(2)21-31(25-17-19-26(32)20-18-25)34(33,29-15-7-11-23-9-3-5-13-27(23)29)30-16-8-12-24-10-4-6-14-28(24)30/h3-21H,1H2,2H3/b31-21+. The largest absolute Gasteiger partial charge is 0.309 e. The van der Waals surface area contributed by atoms with Crippen LogP contribution in [0.3, 0.4) is 0 Å². The molecule has 0 N–H and O–H groups in total. The fourth-order valence-electron chi connectivity index (χ4n) is 4.57. The maximum Gasteiger partial charge on any atom is 0.172 e. The predicted molar refractivity (Wildman–Crippen MR) is 149 cm³/mol. The smallest absolute Gasteiger partial charge is 0.172 e. The molecule has 34 heavy (non-hydrogen) atoms. The van der Waals surface area contributed by atoms with E-state index in [0.717, 1.165) is 48.6 Å². The second kappa shape index (κ2) is 9.11. The molecule has 0 radical (unpaired) electrons. The van der Waals surface area contributed by atoms with E-state index < -0.39 is 7.14 Å². The van der Waals surface area contributed by atoms with Crippen LogP contribution < -0.4 is 10.6 Å². The summed E-state index contributed by atoms with van der Waals surface area (Å²) >= 11 is 6.22. The Labute approximate surface area is 205 Å². The summed E-state index contributed by atoms with van der Waals surface area (Å²) in [5, 5.41) is 7.14. The quantitative estimate of drug-likeness (QED) is 0.182. The molecule has 0 aliphatic carbocycles. The van der Waals surface area contributed by atoms with Crippen molar-refractivity contribution in [2.24, 2.45) is 0 Å². The van der Waals surface area contributed by atoms with E-state index in [9.17, 15) is 0 Å². The van der Waals surface area contributed by atoms with Crippen LogP contribution in [0.15, 0.2) is 127 Å². The van der Waals surface area contributed by atoms with E-state index in [0.29, 0.717) is 5.02 Å². The fourth-order valence-corrected chi connectivity index (χ4v) is 8.06. The fraction of sp³-hybridized carbons (Fsp3) is 0.0323. The van der Waals surface area contributed by atoms with Crippen LogP contribution in [0.5, 0.6) is 0 Å². The summed E-state index contributed by atoms with van der Waals surface area (Å²) in [6, 6.07) is 36.0. The second-order valence-corrected chi connectivity index (χ2v) is 11.6. The monoisotopic (exact) mass is 478 g/mol. The SMILES string of the molecule is C=C(C)/C=C(\c1ccc(Cl)cc1)P(=O)(c1cccc2ccccc12)c1cccc2ccccc12. The summed E-state index contributed by atoms with van der Waals surface area (Å²) in [5.41, 5.74) is 1.71. The Morgan fingerprint density at radius 2 is 1.18 bits per heavy atom. The number of rotatable bonds is 5. The number of allylic oxidation sites excluding steroid dienone is 2. The maximum atomic E-state index is 15.8. The van der Waals surface area contributed by atoms with Crippen LogP contribution in [0.1, 0.15) is 12.5 Å². The summed E-state index contributed by atoms with van der Waals surface area (Å²) < 4.78 is 15.8. The lowest BCUT2D eigenvalue weighted by atomic mass is 10.1. The van der Waals surface area contributed by atoms with Gasteiger partial charge in [0.25, 0.3) is 0 Å². The van der Waals surface area contributed by atoms with E-state index >= 15 is 4.57 Å². The Bertz CT molecular complexity index is 1520. The van der Waals surface area contributed by atoms with Gasteiger partial charge < -0.3 is 4.57 Å². The molecule has 0 heterocycles. The van der Waals surface area contributed by atoms with Gasteiger partial charge in [-0.1, -0.05) is 121 Å². The molecule has 0 spiro atoms. The average Bonchev–Trinajstić information content (AvgIpc) is 2.86. The first kappa shape index (κ1) is 22.4. The molecule has 0 saturated heterocycles. The first-order valence-corrected chi connectivity index (χ1v) is 13.3. The summed E-state index contributed by atoms with van der Waals surface area (Å²) in [6.07, 6.45) is 1.97. The second-order valence-electron chi connectivity index (χ2n) is 8.49. The molecule has 0 atom stereocenters. The minimum Gasteiger partial charge on any atom is -0.309 e. The molecular weight excluding hydrogens is 455 g/mol. The van der Waals surface area contributed by atoms with Gasteiger partial charge in [0.05, 0.1) is 0 Å². The molecule has 0 fully saturated rings. The minimum absolute atomic E-state index is 0.642. The zero-order valence-electron chi connectivity index (χ0n) is 18.9. The molecule has 0 saturated carbocycles. The third-order valence-electron chi connectivity index (χ3n) is 6.07. The van der Waals surface area contributed by atoms with Crippen LogP contribution in [0.2, 0.25) is 5.02 Å². The van der Waals surface area contributed by atoms with Gasteiger partial charge in [-0.25, -0.2) is 0 Å². The Kier molecular flexibility index (Phi) is 6.00. The normalized spacial score (nSPS) is 12.2. The van der Waals surface area contributed by atoms with Crippen LogP contribution in [0, 0.1) is 0 Å². The number of halogens is 1. The van der Waals surface area contributed by atoms with Crippen LogP contribution >= 0.6 is 18.7 Å². The molecule has 166 valence electrons. The van der Waals surface area contributed by atoms with Gasteiger partial charge >= 0.3 is 0 Å². The summed E-state index contributed by atoms with van der Waals surface area (Å²) in [7, 11) is -3.36. The number of fused-ring (bicyclic) bond motifs is 2. The molecule has 5 aromatic carbocycles. The van der Waals surface area contributed by atoms with Crippen molar-refractivity contribution in [1.82, 2.24) is 0 Å². The van der Waals surface area contributed by atoms with E-state index in [1.165, 1.54) is 0 Å². The molecule has 0 aliphatic heterocycles. The zero-order chi connectivity index (χ0) is 23.7. The van der Waals surface area contributed by atoms with Gasteiger partial charge in [0.1, 0.15) is 0 Å². The highest BCUT2D eigenvalue weighted by molar-refractivity contribution is 7.88. The highest BCUT2D eigenvalue weighted by atomic mass is 35.5. The molecule has 1 nitrogen and oxygen atoms in total. The molecule has 3 heteroatoms. The predicted octanol–water partition coefficient (Wildman–Crippen LogP) is 8.58. The van der Waals surface area contributed by atoms with Gasteiger partial charge in [-0.05, 0) is 52.2 Å². The lowest BCUT2D eigenvalue weighted by Gasteiger charge is -2.26. The highest BCUT2D eigenvalue weighted by Crippen LogP contribution is 2.59. The number of hydrogen-bond acceptors (Lipinski definition) is 1. The Hall–Kier alpha value is -3.38. The highest BCUT2D eigenvalue weighted by Gasteiger charge is 2.35. The maximum absolute atomic E-state index is 15.8. The Morgan fingerprint density at radius 3 is 1.68 bits per heavy atom. The van der Waals surface area contributed by atoms with E-state index in [1.807, 2.05) is 85.8 Å². The first-order chi connectivity index (χ1) is 16.5. The summed E-state index contributed by atoms with van der Waals surface area (Å²) in [5.74, 6) is 0. The Morgan fingerprint density at radius 1 is 0.706 bits per heavy atom. The van der Waals surface area contributed by atoms with Crippen molar-refractivity contribution >= 4 is 56.2 Å². The molecule has 5 aromatic rings. The summed E-state index contributed by atoms with van der Waals surface area (Å²) in [4.78, 5) is 0. The lowest BCUT2D eigenvalue weighted by molar-refractivity contribution is 0.593. The van der Waals surface area contributed by atoms with Gasteiger partial charge in [0.15, 0.2) is 7.14 Å². The third-order valence-corrected chi connectivity index (χ3v) is 9.53. The van der Waals surface area contributed by atoms with Gasteiger partial charge in [0, 0.05) is 20.9 Å². The molecular formula is C31H24ClOP. The van der Waals surface area contributed by atoms with E-state index in [-0.39, 0.29) is 0 Å². The van der Waals surface area contributed by atoms with Crippen molar-refractivity contribution in [2.45, 2.75) is 6.92 Å². The first-order valence-electron chi connectivity index (χ1n) is 11.2. The number of benzene rings is 5. The van der Waals surface area contributed by atoms with Gasteiger partial charge in [-0.15, -0.1) is 0 Å². The summed E-state index contributed by atoms with van der Waals surface area (Å²) in [6.45, 7) is 6.08. The average molecular weight is 479 g/mol. The third kappa shape index (κ3) is 3.92. The van der Waals surface area contributed by atoms with Crippen molar-refractivity contribution in [1.29, 1.82) is 0 Å². The van der Waals surface area contributed by atoms with Crippen molar-refractivity contribution in [3.05, 3.63) is 138 Å². The lowest BCUT2D eigenvalue weighted by Crippen LogP contribution is -2.19. The van der Waals surface area contributed by atoms with Crippen LogP contribution in [-0.4, -0.2) is 0 Å². The van der Waals surface area contributed by atoms with E-state index in [1.54, 1.807) is 0 Å². The zero-order valence-corrected chi connectivity index (χ0v) is 20.6. The van der Waals surface area contributed by atoms with Crippen LogP contribution in [-0.2, 0) is 4.57 Å². The molecule has 0 unspecified atom stereocenters. The number of hydrogen-bond donors (Lipinski definition) is 0.